The van der Waals surface area contributed by atoms with Crippen LogP contribution in [-0.4, -0.2) is 5.91 Å². The Kier molecular flexibility index (Phi) is 4.15. The first-order valence-electron chi connectivity index (χ1n) is 5.78. The van der Waals surface area contributed by atoms with Gasteiger partial charge < -0.3 is 5.32 Å². The molecule has 0 bridgehead atoms. The van der Waals surface area contributed by atoms with E-state index < -0.39 is 0 Å². The minimum atomic E-state index is -0.158. The smallest absolute Gasteiger partial charge is 0.231 e. The number of nitrogens with one attached hydrogen (secondary N) is 1. The van der Waals surface area contributed by atoms with Crippen LogP contribution < -0.4 is 5.32 Å². The molecule has 2 rings (SSSR count). The van der Waals surface area contributed by atoms with Crippen molar-refractivity contribution in [2.75, 3.05) is 5.32 Å². The van der Waals surface area contributed by atoms with Crippen molar-refractivity contribution in [1.29, 1.82) is 0 Å². The van der Waals surface area contributed by atoms with E-state index in [-0.39, 0.29) is 11.8 Å². The normalized spacial score (nSPS) is 11.9. The Balaban J connectivity index is 2.06. The number of carbonyl (C=O) groups is 1. The highest BCUT2D eigenvalue weighted by molar-refractivity contribution is 9.10. The number of anilines is 1. The first-order chi connectivity index (χ1) is 8.66. The molecule has 3 heteroatoms. The zero-order valence-corrected chi connectivity index (χ0v) is 11.6. The van der Waals surface area contributed by atoms with Crippen LogP contribution in [0.4, 0.5) is 5.69 Å². The molecule has 0 aliphatic rings. The summed E-state index contributed by atoms with van der Waals surface area (Å²) < 4.78 is 0.997. The third-order valence-electron chi connectivity index (χ3n) is 2.80. The van der Waals surface area contributed by atoms with Gasteiger partial charge >= 0.3 is 0 Å². The van der Waals surface area contributed by atoms with Crippen LogP contribution in [0, 0.1) is 0 Å². The van der Waals surface area contributed by atoms with Crippen molar-refractivity contribution in [1.82, 2.24) is 0 Å². The largest absolute Gasteiger partial charge is 0.326 e. The van der Waals surface area contributed by atoms with Crippen LogP contribution in [0.5, 0.6) is 0 Å². The van der Waals surface area contributed by atoms with Gasteiger partial charge in [0.2, 0.25) is 5.91 Å². The maximum Gasteiger partial charge on any atom is 0.231 e. The van der Waals surface area contributed by atoms with E-state index >= 15 is 0 Å². The fourth-order valence-electron chi connectivity index (χ4n) is 1.68. The first kappa shape index (κ1) is 12.8. The van der Waals surface area contributed by atoms with E-state index in [4.69, 9.17) is 0 Å². The van der Waals surface area contributed by atoms with Gasteiger partial charge in [-0.3, -0.25) is 4.79 Å². The summed E-state index contributed by atoms with van der Waals surface area (Å²) in [5.74, 6) is -0.154. The monoisotopic (exact) mass is 303 g/mol. The van der Waals surface area contributed by atoms with Gasteiger partial charge in [0.05, 0.1) is 5.92 Å². The second-order valence-electron chi connectivity index (χ2n) is 4.13. The van der Waals surface area contributed by atoms with Crippen molar-refractivity contribution in [3.8, 4) is 0 Å². The van der Waals surface area contributed by atoms with Crippen LogP contribution in [0.3, 0.4) is 0 Å². The Morgan fingerprint density at radius 3 is 2.28 bits per heavy atom. The molecule has 2 aromatic rings. The zero-order chi connectivity index (χ0) is 13.0. The summed E-state index contributed by atoms with van der Waals surface area (Å²) in [4.78, 5) is 12.1. The average molecular weight is 304 g/mol. The van der Waals surface area contributed by atoms with E-state index in [9.17, 15) is 4.79 Å². The number of hydrogen-bond donors (Lipinski definition) is 1. The fraction of sp³-hybridized carbons (Fsp3) is 0.133. The molecule has 2 nitrogen and oxygen atoms in total. The highest BCUT2D eigenvalue weighted by Gasteiger charge is 2.14. The molecule has 0 saturated carbocycles. The van der Waals surface area contributed by atoms with Crippen molar-refractivity contribution >= 4 is 27.5 Å². The zero-order valence-electron chi connectivity index (χ0n) is 10.1. The number of rotatable bonds is 3. The summed E-state index contributed by atoms with van der Waals surface area (Å²) in [5, 5.41) is 2.91. The van der Waals surface area contributed by atoms with Crippen molar-refractivity contribution < 1.29 is 4.79 Å². The summed E-state index contributed by atoms with van der Waals surface area (Å²) in [6.07, 6.45) is 0. The van der Waals surface area contributed by atoms with Gasteiger partial charge in [-0.2, -0.15) is 0 Å². The van der Waals surface area contributed by atoms with E-state index in [2.05, 4.69) is 21.2 Å². The van der Waals surface area contributed by atoms with Gasteiger partial charge in [-0.15, -0.1) is 0 Å². The van der Waals surface area contributed by atoms with Gasteiger partial charge in [0, 0.05) is 10.2 Å². The van der Waals surface area contributed by atoms with Gasteiger partial charge in [0.1, 0.15) is 0 Å². The molecule has 1 amide bonds. The SMILES string of the molecule is CC(C(=O)Nc1ccc(Br)cc1)c1ccccc1. The Hall–Kier alpha value is -1.61. The molecule has 1 atom stereocenters. The summed E-state index contributed by atoms with van der Waals surface area (Å²) >= 11 is 3.36. The first-order valence-corrected chi connectivity index (χ1v) is 6.57. The molecular formula is C15H14BrNO. The molecule has 1 unspecified atom stereocenters. The summed E-state index contributed by atoms with van der Waals surface area (Å²) in [5.41, 5.74) is 1.83. The van der Waals surface area contributed by atoms with Crippen LogP contribution in [0.1, 0.15) is 18.4 Å². The topological polar surface area (TPSA) is 29.1 Å². The summed E-state index contributed by atoms with van der Waals surface area (Å²) in [7, 11) is 0. The molecule has 0 aromatic heterocycles. The Labute approximate surface area is 115 Å². The number of amides is 1. The summed E-state index contributed by atoms with van der Waals surface area (Å²) in [6.45, 7) is 1.91. The van der Waals surface area contributed by atoms with Crippen molar-refractivity contribution in [2.24, 2.45) is 0 Å². The van der Waals surface area contributed by atoms with E-state index in [1.54, 1.807) is 0 Å². The molecule has 0 spiro atoms. The maximum absolute atomic E-state index is 12.1. The molecule has 0 saturated heterocycles. The second kappa shape index (κ2) is 5.83. The quantitative estimate of drug-likeness (QED) is 0.905. The standard InChI is InChI=1S/C15H14BrNO/c1-11(12-5-3-2-4-6-12)15(18)17-14-9-7-13(16)8-10-14/h2-11H,1H3,(H,17,18). The van der Waals surface area contributed by atoms with Gasteiger partial charge in [-0.05, 0) is 36.8 Å². The van der Waals surface area contributed by atoms with Crippen molar-refractivity contribution in [2.45, 2.75) is 12.8 Å². The van der Waals surface area contributed by atoms with Crippen LogP contribution in [0.25, 0.3) is 0 Å². The number of benzene rings is 2. The number of carbonyl (C=O) groups excluding carboxylic acids is 1. The van der Waals surface area contributed by atoms with E-state index in [0.717, 1.165) is 15.7 Å². The molecular weight excluding hydrogens is 290 g/mol. The third-order valence-corrected chi connectivity index (χ3v) is 3.33. The predicted octanol–water partition coefficient (Wildman–Crippen LogP) is 4.19. The lowest BCUT2D eigenvalue weighted by molar-refractivity contribution is -0.117. The number of halogens is 1. The van der Waals surface area contributed by atoms with E-state index in [1.165, 1.54) is 0 Å². The minimum Gasteiger partial charge on any atom is -0.326 e. The number of hydrogen-bond acceptors (Lipinski definition) is 1. The molecule has 0 fully saturated rings. The van der Waals surface area contributed by atoms with Gasteiger partial charge in [0.25, 0.3) is 0 Å². The van der Waals surface area contributed by atoms with E-state index in [1.807, 2.05) is 61.5 Å². The Morgan fingerprint density at radius 1 is 1.06 bits per heavy atom. The molecule has 0 heterocycles. The predicted molar refractivity (Wildman–Crippen MR) is 77.6 cm³/mol. The molecule has 1 N–H and O–H groups in total. The second-order valence-corrected chi connectivity index (χ2v) is 5.04. The lowest BCUT2D eigenvalue weighted by atomic mass is 10.0. The maximum atomic E-state index is 12.1. The summed E-state index contributed by atoms with van der Waals surface area (Å²) in [6, 6.07) is 17.3. The fourth-order valence-corrected chi connectivity index (χ4v) is 1.94. The molecule has 18 heavy (non-hydrogen) atoms. The van der Waals surface area contributed by atoms with Crippen molar-refractivity contribution in [3.05, 3.63) is 64.6 Å². The molecule has 0 aliphatic heterocycles. The molecule has 0 radical (unpaired) electrons. The van der Waals surface area contributed by atoms with Gasteiger partial charge in [-0.1, -0.05) is 46.3 Å². The van der Waals surface area contributed by atoms with Crippen molar-refractivity contribution in [3.63, 3.8) is 0 Å². The lowest BCUT2D eigenvalue weighted by Crippen LogP contribution is -2.18. The van der Waals surface area contributed by atoms with Gasteiger partial charge in [-0.25, -0.2) is 0 Å². The molecule has 2 aromatic carbocycles. The van der Waals surface area contributed by atoms with Crippen LogP contribution in [-0.2, 0) is 4.79 Å². The Bertz CT molecular complexity index is 522. The average Bonchev–Trinajstić information content (AvgIpc) is 2.41. The van der Waals surface area contributed by atoms with Crippen LogP contribution in [0.2, 0.25) is 0 Å². The minimum absolute atomic E-state index is 0.00326. The lowest BCUT2D eigenvalue weighted by Gasteiger charge is -2.12. The molecule has 0 aliphatic carbocycles. The molecule has 92 valence electrons. The highest BCUT2D eigenvalue weighted by Crippen LogP contribution is 2.19. The third kappa shape index (κ3) is 3.20. The van der Waals surface area contributed by atoms with Gasteiger partial charge in [0.15, 0.2) is 0 Å². The van der Waals surface area contributed by atoms with Crippen LogP contribution in [0.15, 0.2) is 59.1 Å². The van der Waals surface area contributed by atoms with E-state index in [0.29, 0.717) is 0 Å². The highest BCUT2D eigenvalue weighted by atomic mass is 79.9. The Morgan fingerprint density at radius 2 is 1.67 bits per heavy atom. The van der Waals surface area contributed by atoms with Crippen LogP contribution >= 0.6 is 15.9 Å².